The van der Waals surface area contributed by atoms with E-state index in [2.05, 4.69) is 5.32 Å². The largest absolute Gasteiger partial charge is 1.00 e. The Balaban J connectivity index is 0. The van der Waals surface area contributed by atoms with Crippen LogP contribution in [0.2, 0.25) is 0 Å². The van der Waals surface area contributed by atoms with Crippen LogP contribution in [0, 0.1) is 0 Å². The number of rotatable bonds is 4. The first-order valence-corrected chi connectivity index (χ1v) is 5.22. The van der Waals surface area contributed by atoms with Crippen LogP contribution in [0.15, 0.2) is 0 Å². The van der Waals surface area contributed by atoms with Crippen LogP contribution in [0.3, 0.4) is 0 Å². The van der Waals surface area contributed by atoms with Gasteiger partial charge in [-0.2, -0.15) is 0 Å². The fraction of sp³-hybridized carbons (Fsp3) is 1.00. The molecule has 0 aromatic carbocycles. The quantitative estimate of drug-likeness (QED) is 0.216. The van der Waals surface area contributed by atoms with Gasteiger partial charge in [-0.25, -0.2) is 8.42 Å². The summed E-state index contributed by atoms with van der Waals surface area (Å²) in [5.41, 5.74) is 0. The van der Waals surface area contributed by atoms with Crippen LogP contribution in [0.1, 0.15) is 0 Å². The Hall–Kier alpha value is 1.22. The summed E-state index contributed by atoms with van der Waals surface area (Å²) in [4.78, 5) is 0. The Kier molecular flexibility index (Phi) is 9.51. The molecule has 4 nitrogen and oxygen atoms in total. The Labute approximate surface area is 86.6 Å². The Bertz CT molecular complexity index is 157. The van der Waals surface area contributed by atoms with Gasteiger partial charge in [0.05, 0.1) is 0 Å². The van der Waals surface area contributed by atoms with Gasteiger partial charge < -0.3 is 9.87 Å². The van der Waals surface area contributed by atoms with E-state index in [9.17, 15) is 13.0 Å². The van der Waals surface area contributed by atoms with Crippen LogP contribution in [0.5, 0.6) is 0 Å². The molecule has 1 N–H and O–H groups in total. The summed E-state index contributed by atoms with van der Waals surface area (Å²) in [5.74, 6) is 0.308. The molecule has 0 unspecified atom stereocenters. The molecule has 0 aliphatic carbocycles. The van der Waals surface area contributed by atoms with E-state index in [0.29, 0.717) is 23.1 Å². The van der Waals surface area contributed by atoms with Crippen LogP contribution < -0.4 is 34.9 Å². The molecule has 0 fully saturated rings. The van der Waals surface area contributed by atoms with Crippen molar-refractivity contribution < 1.29 is 42.5 Å². The normalized spacial score (nSPS) is 10.6. The van der Waals surface area contributed by atoms with Crippen LogP contribution in [-0.2, 0) is 9.15 Å². The molecule has 0 radical (unpaired) electrons. The summed E-state index contributed by atoms with van der Waals surface area (Å²) in [7, 11) is -1.96. The molecule has 0 rings (SSSR count). The first kappa shape index (κ1) is 13.8. The van der Waals surface area contributed by atoms with Gasteiger partial charge >= 0.3 is 29.6 Å². The Morgan fingerprint density at radius 1 is 1.60 bits per heavy atom. The van der Waals surface area contributed by atoms with Crippen molar-refractivity contribution in [1.82, 2.24) is 5.32 Å². The third kappa shape index (κ3) is 12.0. The topological polar surface area (TPSA) is 69.2 Å². The zero-order chi connectivity index (χ0) is 7.33. The van der Waals surface area contributed by atoms with Crippen LogP contribution in [0.25, 0.3) is 0 Å². The van der Waals surface area contributed by atoms with Gasteiger partial charge in [0, 0.05) is 12.3 Å². The Morgan fingerprint density at radius 3 is 2.40 bits per heavy atom. The summed E-state index contributed by atoms with van der Waals surface area (Å²) in [6.45, 7) is 0.534. The molecule has 0 saturated carbocycles. The zero-order valence-electron chi connectivity index (χ0n) is 5.96. The van der Waals surface area contributed by atoms with Gasteiger partial charge in [0.15, 0.2) is 0 Å². The van der Waals surface area contributed by atoms with Crippen molar-refractivity contribution in [3.8, 4) is 0 Å². The van der Waals surface area contributed by atoms with E-state index in [-0.39, 0.29) is 29.6 Å². The molecule has 0 spiro atoms. The summed E-state index contributed by atoms with van der Waals surface area (Å²) < 4.78 is 29.7. The van der Waals surface area contributed by atoms with Crippen molar-refractivity contribution in [2.45, 2.75) is 0 Å². The SMILES string of the molecule is CNCCSS(=O)(=O)[O-].[Na+]. The van der Waals surface area contributed by atoms with Gasteiger partial charge in [-0.05, 0) is 17.8 Å². The van der Waals surface area contributed by atoms with Gasteiger partial charge in [0.1, 0.15) is 9.15 Å². The van der Waals surface area contributed by atoms with E-state index >= 15 is 0 Å². The van der Waals surface area contributed by atoms with Crippen molar-refractivity contribution >= 4 is 19.9 Å². The fourth-order valence-corrected chi connectivity index (χ4v) is 1.60. The van der Waals surface area contributed by atoms with Gasteiger partial charge in [-0.3, -0.25) is 0 Å². The molecule has 0 aromatic heterocycles. The van der Waals surface area contributed by atoms with Crippen molar-refractivity contribution in [2.24, 2.45) is 0 Å². The maximum Gasteiger partial charge on any atom is 1.00 e. The maximum absolute atomic E-state index is 9.89. The molecular formula is C3H8NNaO3S2. The summed E-state index contributed by atoms with van der Waals surface area (Å²) in [6.07, 6.45) is 0. The van der Waals surface area contributed by atoms with Crippen LogP contribution >= 0.6 is 10.8 Å². The third-order valence-corrected chi connectivity index (χ3v) is 2.61. The first-order chi connectivity index (χ1) is 4.06. The second kappa shape index (κ2) is 6.90. The third-order valence-electron chi connectivity index (χ3n) is 0.580. The van der Waals surface area contributed by atoms with Gasteiger partial charge in [0.2, 0.25) is 0 Å². The molecular weight excluding hydrogens is 185 g/mol. The van der Waals surface area contributed by atoms with E-state index in [1.54, 1.807) is 7.05 Å². The second-order valence-corrected chi connectivity index (χ2v) is 4.73. The molecule has 0 aliphatic rings. The minimum atomic E-state index is -4.07. The average Bonchev–Trinajstić information content (AvgIpc) is 1.63. The van der Waals surface area contributed by atoms with Gasteiger partial charge in [0.25, 0.3) is 0 Å². The summed E-state index contributed by atoms with van der Waals surface area (Å²) in [5, 5.41) is 2.72. The summed E-state index contributed by atoms with van der Waals surface area (Å²) in [6, 6.07) is 0. The minimum Gasteiger partial charge on any atom is -0.739 e. The average molecular weight is 193 g/mol. The van der Waals surface area contributed by atoms with Crippen molar-refractivity contribution in [1.29, 1.82) is 0 Å². The molecule has 0 aliphatic heterocycles. The van der Waals surface area contributed by atoms with Crippen LogP contribution in [0.4, 0.5) is 0 Å². The molecule has 10 heavy (non-hydrogen) atoms. The molecule has 0 bridgehead atoms. The monoisotopic (exact) mass is 193 g/mol. The minimum absolute atomic E-state index is 0. The predicted octanol–water partition coefficient (Wildman–Crippen LogP) is -3.60. The first-order valence-electron chi connectivity index (χ1n) is 2.31. The van der Waals surface area contributed by atoms with Crippen molar-refractivity contribution in [2.75, 3.05) is 19.3 Å². The second-order valence-electron chi connectivity index (χ2n) is 1.33. The van der Waals surface area contributed by atoms with E-state index in [0.717, 1.165) is 0 Å². The van der Waals surface area contributed by atoms with Gasteiger partial charge in [-0.1, -0.05) is 0 Å². The molecule has 0 saturated heterocycles. The van der Waals surface area contributed by atoms with E-state index < -0.39 is 9.15 Å². The van der Waals surface area contributed by atoms with Crippen molar-refractivity contribution in [3.63, 3.8) is 0 Å². The van der Waals surface area contributed by atoms with Crippen LogP contribution in [-0.4, -0.2) is 32.3 Å². The number of hydrogen-bond donors (Lipinski definition) is 1. The van der Waals surface area contributed by atoms with E-state index in [1.165, 1.54) is 0 Å². The molecule has 0 amide bonds. The van der Waals surface area contributed by atoms with E-state index in [1.807, 2.05) is 0 Å². The number of nitrogens with one attached hydrogen (secondary N) is 1. The zero-order valence-corrected chi connectivity index (χ0v) is 9.59. The van der Waals surface area contributed by atoms with Gasteiger partial charge in [-0.15, -0.1) is 0 Å². The molecule has 56 valence electrons. The van der Waals surface area contributed by atoms with E-state index in [4.69, 9.17) is 0 Å². The fourth-order valence-electron chi connectivity index (χ4n) is 0.246. The predicted molar refractivity (Wildman–Crippen MR) is 36.1 cm³/mol. The standard InChI is InChI=1S/C3H9NO3S2.Na/c1-4-2-3-8-9(5,6)7;/h4H,2-3H2,1H3,(H,5,6,7);/q;+1/p-1. The smallest absolute Gasteiger partial charge is 0.739 e. The molecule has 7 heteroatoms. The number of hydrogen-bond acceptors (Lipinski definition) is 5. The van der Waals surface area contributed by atoms with Crippen molar-refractivity contribution in [3.05, 3.63) is 0 Å². The maximum atomic E-state index is 9.89. The Morgan fingerprint density at radius 2 is 2.10 bits per heavy atom. The molecule has 0 atom stereocenters. The summed E-state index contributed by atoms with van der Waals surface area (Å²) >= 11 is 0. The molecule has 0 heterocycles. The molecule has 0 aromatic rings.